The van der Waals surface area contributed by atoms with Gasteiger partial charge in [0.25, 0.3) is 0 Å². The van der Waals surface area contributed by atoms with Crippen molar-refractivity contribution in [3.63, 3.8) is 0 Å². The summed E-state index contributed by atoms with van der Waals surface area (Å²) in [6, 6.07) is 7.18. The summed E-state index contributed by atoms with van der Waals surface area (Å²) in [5.41, 5.74) is 1.30. The molecule has 102 valence electrons. The second kappa shape index (κ2) is 7.15. The maximum atomic E-state index is 5.28. The fraction of sp³-hybridized carbons (Fsp3) is 0.600. The van der Waals surface area contributed by atoms with Crippen molar-refractivity contribution in [2.75, 3.05) is 7.11 Å². The molecule has 0 bridgehead atoms. The van der Waals surface area contributed by atoms with Gasteiger partial charge in [0.15, 0.2) is 0 Å². The maximum absolute atomic E-state index is 5.28. The Labute approximate surface area is 119 Å². The van der Waals surface area contributed by atoms with Crippen LogP contribution < -0.4 is 10.1 Å². The van der Waals surface area contributed by atoms with Crippen LogP contribution in [0.2, 0.25) is 0 Å². The molecule has 3 heteroatoms. The number of benzene rings is 1. The Kier molecular flexibility index (Phi) is 6.16. The van der Waals surface area contributed by atoms with Gasteiger partial charge in [-0.3, -0.25) is 0 Å². The van der Waals surface area contributed by atoms with Gasteiger partial charge in [-0.1, -0.05) is 36.7 Å². The minimum Gasteiger partial charge on any atom is -0.497 e. The van der Waals surface area contributed by atoms with E-state index in [0.29, 0.717) is 18.0 Å². The number of hydrogen-bond acceptors (Lipinski definition) is 2. The molecule has 2 atom stereocenters. The Bertz CT molecular complexity index is 379. The molecule has 0 amide bonds. The summed E-state index contributed by atoms with van der Waals surface area (Å²) in [7, 11) is 1.71. The zero-order chi connectivity index (χ0) is 13.7. The standard InChI is InChI=1S/C15H24BrNO/c1-10(2)17-12(4)11(3)8-13-9-14(18-5)6-7-15(13)16/h6-7,9-12,17H,8H2,1-5H3. The molecule has 0 radical (unpaired) electrons. The van der Waals surface area contributed by atoms with Gasteiger partial charge in [0, 0.05) is 16.6 Å². The average molecular weight is 314 g/mol. The van der Waals surface area contributed by atoms with E-state index in [-0.39, 0.29) is 0 Å². The Morgan fingerprint density at radius 2 is 1.89 bits per heavy atom. The van der Waals surface area contributed by atoms with E-state index in [1.165, 1.54) is 5.56 Å². The highest BCUT2D eigenvalue weighted by Gasteiger charge is 2.15. The maximum Gasteiger partial charge on any atom is 0.119 e. The lowest BCUT2D eigenvalue weighted by Crippen LogP contribution is -2.37. The van der Waals surface area contributed by atoms with E-state index in [9.17, 15) is 0 Å². The van der Waals surface area contributed by atoms with Crippen LogP contribution in [0.1, 0.15) is 33.3 Å². The zero-order valence-corrected chi connectivity index (χ0v) is 13.5. The molecule has 0 spiro atoms. The third-order valence-corrected chi connectivity index (χ3v) is 4.02. The molecule has 1 aromatic rings. The van der Waals surface area contributed by atoms with Crippen LogP contribution in [0.4, 0.5) is 0 Å². The van der Waals surface area contributed by atoms with Crippen molar-refractivity contribution in [3.05, 3.63) is 28.2 Å². The largest absolute Gasteiger partial charge is 0.497 e. The lowest BCUT2D eigenvalue weighted by molar-refractivity contribution is 0.370. The molecule has 0 aliphatic heterocycles. The molecular weight excluding hydrogens is 290 g/mol. The van der Waals surface area contributed by atoms with Crippen LogP contribution in [0.25, 0.3) is 0 Å². The van der Waals surface area contributed by atoms with Gasteiger partial charge in [-0.15, -0.1) is 0 Å². The number of ether oxygens (including phenoxy) is 1. The average Bonchev–Trinajstić information content (AvgIpc) is 2.31. The molecule has 0 fully saturated rings. The van der Waals surface area contributed by atoms with E-state index in [1.807, 2.05) is 6.07 Å². The molecule has 1 N–H and O–H groups in total. The predicted octanol–water partition coefficient (Wildman–Crippen LogP) is 4.02. The molecule has 0 heterocycles. The van der Waals surface area contributed by atoms with E-state index >= 15 is 0 Å². The third-order valence-electron chi connectivity index (χ3n) is 3.24. The molecule has 2 nitrogen and oxygen atoms in total. The fourth-order valence-electron chi connectivity index (χ4n) is 2.05. The van der Waals surface area contributed by atoms with Crippen molar-refractivity contribution in [2.45, 2.75) is 46.2 Å². The van der Waals surface area contributed by atoms with E-state index < -0.39 is 0 Å². The van der Waals surface area contributed by atoms with Crippen LogP contribution in [0.5, 0.6) is 5.75 Å². The first kappa shape index (κ1) is 15.5. The second-order valence-corrected chi connectivity index (χ2v) is 6.10. The third kappa shape index (κ3) is 4.62. The first-order valence-electron chi connectivity index (χ1n) is 6.52. The van der Waals surface area contributed by atoms with Gasteiger partial charge in [0.1, 0.15) is 5.75 Å². The van der Waals surface area contributed by atoms with Crippen LogP contribution in [0.3, 0.4) is 0 Å². The quantitative estimate of drug-likeness (QED) is 0.856. The predicted molar refractivity (Wildman–Crippen MR) is 81.3 cm³/mol. The summed E-state index contributed by atoms with van der Waals surface area (Å²) in [6.45, 7) is 8.90. The SMILES string of the molecule is COc1ccc(Br)c(CC(C)C(C)NC(C)C)c1. The lowest BCUT2D eigenvalue weighted by atomic mass is 9.94. The molecule has 1 rings (SSSR count). The van der Waals surface area contributed by atoms with Crippen LogP contribution in [0, 0.1) is 5.92 Å². The highest BCUT2D eigenvalue weighted by atomic mass is 79.9. The van der Waals surface area contributed by atoms with Crippen LogP contribution in [0.15, 0.2) is 22.7 Å². The molecular formula is C15H24BrNO. The summed E-state index contributed by atoms with van der Waals surface area (Å²) < 4.78 is 6.44. The van der Waals surface area contributed by atoms with Gasteiger partial charge < -0.3 is 10.1 Å². The smallest absolute Gasteiger partial charge is 0.119 e. The van der Waals surface area contributed by atoms with Crippen molar-refractivity contribution in [3.8, 4) is 5.75 Å². The number of methoxy groups -OCH3 is 1. The van der Waals surface area contributed by atoms with Crippen molar-refractivity contribution >= 4 is 15.9 Å². The fourth-order valence-corrected chi connectivity index (χ4v) is 2.46. The minimum absolute atomic E-state index is 0.503. The lowest BCUT2D eigenvalue weighted by Gasteiger charge is -2.24. The van der Waals surface area contributed by atoms with Crippen molar-refractivity contribution in [1.29, 1.82) is 0 Å². The van der Waals surface area contributed by atoms with Crippen LogP contribution in [-0.2, 0) is 6.42 Å². The van der Waals surface area contributed by atoms with Gasteiger partial charge in [-0.25, -0.2) is 0 Å². The molecule has 0 aromatic heterocycles. The topological polar surface area (TPSA) is 21.3 Å². The molecule has 1 aromatic carbocycles. The Hall–Kier alpha value is -0.540. The Morgan fingerprint density at radius 3 is 2.44 bits per heavy atom. The molecule has 18 heavy (non-hydrogen) atoms. The van der Waals surface area contributed by atoms with Gasteiger partial charge in [0.2, 0.25) is 0 Å². The second-order valence-electron chi connectivity index (χ2n) is 5.25. The zero-order valence-electron chi connectivity index (χ0n) is 12.0. The number of halogens is 1. The number of rotatable bonds is 6. The normalized spacial score (nSPS) is 14.6. The molecule has 0 saturated carbocycles. The van der Waals surface area contributed by atoms with Crippen LogP contribution >= 0.6 is 15.9 Å². The van der Waals surface area contributed by atoms with E-state index in [1.54, 1.807) is 7.11 Å². The summed E-state index contributed by atoms with van der Waals surface area (Å²) in [6.07, 6.45) is 1.04. The van der Waals surface area contributed by atoms with E-state index in [2.05, 4.69) is 61.1 Å². The molecule has 2 unspecified atom stereocenters. The van der Waals surface area contributed by atoms with Gasteiger partial charge >= 0.3 is 0 Å². The number of hydrogen-bond donors (Lipinski definition) is 1. The van der Waals surface area contributed by atoms with Crippen molar-refractivity contribution in [1.82, 2.24) is 5.32 Å². The van der Waals surface area contributed by atoms with Crippen LogP contribution in [-0.4, -0.2) is 19.2 Å². The number of nitrogens with one attached hydrogen (secondary N) is 1. The van der Waals surface area contributed by atoms with E-state index in [4.69, 9.17) is 4.74 Å². The summed E-state index contributed by atoms with van der Waals surface area (Å²) in [5, 5.41) is 3.56. The van der Waals surface area contributed by atoms with Crippen molar-refractivity contribution in [2.24, 2.45) is 5.92 Å². The highest BCUT2D eigenvalue weighted by molar-refractivity contribution is 9.10. The van der Waals surface area contributed by atoms with Gasteiger partial charge in [0.05, 0.1) is 7.11 Å². The van der Waals surface area contributed by atoms with E-state index in [0.717, 1.165) is 16.6 Å². The van der Waals surface area contributed by atoms with Gasteiger partial charge in [-0.05, 0) is 43.0 Å². The molecule has 0 aliphatic rings. The first-order chi connectivity index (χ1) is 8.43. The Balaban J connectivity index is 2.71. The molecule has 0 aliphatic carbocycles. The monoisotopic (exact) mass is 313 g/mol. The minimum atomic E-state index is 0.503. The summed E-state index contributed by atoms with van der Waals surface area (Å²) >= 11 is 3.61. The van der Waals surface area contributed by atoms with Gasteiger partial charge in [-0.2, -0.15) is 0 Å². The molecule has 0 saturated heterocycles. The highest BCUT2D eigenvalue weighted by Crippen LogP contribution is 2.25. The summed E-state index contributed by atoms with van der Waals surface area (Å²) in [5.74, 6) is 1.50. The first-order valence-corrected chi connectivity index (χ1v) is 7.31. The Morgan fingerprint density at radius 1 is 1.22 bits per heavy atom. The van der Waals surface area contributed by atoms with Crippen molar-refractivity contribution < 1.29 is 4.74 Å². The summed E-state index contributed by atoms with van der Waals surface area (Å²) in [4.78, 5) is 0.